The van der Waals surface area contributed by atoms with E-state index in [0.717, 1.165) is 47.6 Å². The third kappa shape index (κ3) is 3.57. The van der Waals surface area contributed by atoms with Gasteiger partial charge in [-0.25, -0.2) is 4.98 Å². The molecule has 1 aromatic carbocycles. The smallest absolute Gasteiger partial charge is 0.252 e. The summed E-state index contributed by atoms with van der Waals surface area (Å²) in [5.74, 6) is 8.25. The van der Waals surface area contributed by atoms with Gasteiger partial charge < -0.3 is 15.4 Å². The number of carbonyl (C=O) groups excluding carboxylic acids is 1. The van der Waals surface area contributed by atoms with E-state index >= 15 is 0 Å². The maximum absolute atomic E-state index is 11.9. The molecule has 1 amide bonds. The number of benzene rings is 1. The van der Waals surface area contributed by atoms with Crippen LogP contribution in [0.5, 0.6) is 5.75 Å². The Balaban J connectivity index is 2.17. The Bertz CT molecular complexity index is 927. The summed E-state index contributed by atoms with van der Waals surface area (Å²) in [4.78, 5) is 18.9. The van der Waals surface area contributed by atoms with E-state index in [1.165, 1.54) is 6.42 Å². The fourth-order valence-corrected chi connectivity index (χ4v) is 4.09. The molecule has 0 spiro atoms. The highest BCUT2D eigenvalue weighted by molar-refractivity contribution is 6.05. The first-order valence-corrected chi connectivity index (χ1v) is 9.48. The molecule has 0 saturated carbocycles. The number of anilines is 1. The van der Waals surface area contributed by atoms with Crippen LogP contribution in [0, 0.1) is 23.7 Å². The van der Waals surface area contributed by atoms with Gasteiger partial charge in [-0.05, 0) is 37.3 Å². The minimum absolute atomic E-state index is 0.361. The number of nitrogens with two attached hydrogens (primary N) is 1. The van der Waals surface area contributed by atoms with Gasteiger partial charge in [-0.2, -0.15) is 0 Å². The van der Waals surface area contributed by atoms with Crippen molar-refractivity contribution in [3.63, 3.8) is 0 Å². The van der Waals surface area contributed by atoms with Crippen molar-refractivity contribution in [1.29, 1.82) is 0 Å². The number of primary amides is 1. The molecule has 1 aromatic heterocycles. The summed E-state index contributed by atoms with van der Waals surface area (Å²) in [7, 11) is 1.55. The lowest BCUT2D eigenvalue weighted by molar-refractivity contribution is 0.0997. The highest BCUT2D eigenvalue weighted by Crippen LogP contribution is 2.36. The van der Waals surface area contributed by atoms with E-state index in [1.807, 2.05) is 6.07 Å². The van der Waals surface area contributed by atoms with Gasteiger partial charge in [0.15, 0.2) is 0 Å². The maximum Gasteiger partial charge on any atom is 0.252 e. The predicted octanol–water partition coefficient (Wildman–Crippen LogP) is 3.59. The molecule has 0 unspecified atom stereocenters. The molecule has 2 atom stereocenters. The molecule has 1 aliphatic heterocycles. The monoisotopic (exact) mass is 365 g/mol. The third-order valence-corrected chi connectivity index (χ3v) is 5.62. The van der Waals surface area contributed by atoms with Gasteiger partial charge >= 0.3 is 0 Å². The van der Waals surface area contributed by atoms with E-state index in [1.54, 1.807) is 26.3 Å². The van der Waals surface area contributed by atoms with Crippen LogP contribution in [0.2, 0.25) is 0 Å². The molecule has 0 bridgehead atoms. The summed E-state index contributed by atoms with van der Waals surface area (Å²) in [6.07, 6.45) is 4.17. The minimum Gasteiger partial charge on any atom is -0.496 e. The van der Waals surface area contributed by atoms with E-state index < -0.39 is 5.91 Å². The molecule has 2 N–H and O–H groups in total. The zero-order valence-corrected chi connectivity index (χ0v) is 16.5. The molecule has 27 heavy (non-hydrogen) atoms. The standard InChI is InChI=1S/C22H27N3O2/c1-5-7-16-12-24-22(25-9-8-15(6-2)14(3)13-25)18-11-20(27-4)19(21(23)26)10-17(16)18/h10-12,14-15H,6,8-9,13H2,1-4H3,(H2,23,26)/t14-,15-/m1/s1. The maximum atomic E-state index is 11.9. The summed E-state index contributed by atoms with van der Waals surface area (Å²) in [6.45, 7) is 8.31. The van der Waals surface area contributed by atoms with E-state index in [-0.39, 0.29) is 0 Å². The molecule has 142 valence electrons. The molecule has 1 aliphatic rings. The number of hydrogen-bond acceptors (Lipinski definition) is 4. The Morgan fingerprint density at radius 3 is 2.78 bits per heavy atom. The van der Waals surface area contributed by atoms with Gasteiger partial charge in [-0.15, -0.1) is 5.92 Å². The number of methoxy groups -OCH3 is 1. The van der Waals surface area contributed by atoms with Crippen LogP contribution in [0.3, 0.4) is 0 Å². The van der Waals surface area contributed by atoms with Crippen LogP contribution in [0.1, 0.15) is 49.5 Å². The summed E-state index contributed by atoms with van der Waals surface area (Å²) < 4.78 is 5.43. The summed E-state index contributed by atoms with van der Waals surface area (Å²) in [5.41, 5.74) is 6.70. The SMILES string of the molecule is CC#Cc1cnc(N2CC[C@@H](CC)[C@H](C)C2)c2cc(OC)c(C(N)=O)cc12. The molecular formula is C22H27N3O2. The number of carbonyl (C=O) groups is 1. The van der Waals surface area contributed by atoms with Crippen molar-refractivity contribution in [2.24, 2.45) is 17.6 Å². The van der Waals surface area contributed by atoms with Crippen LogP contribution in [-0.2, 0) is 0 Å². The molecule has 5 nitrogen and oxygen atoms in total. The van der Waals surface area contributed by atoms with Gasteiger partial charge in [0.1, 0.15) is 11.6 Å². The molecule has 2 aromatic rings. The number of hydrogen-bond donors (Lipinski definition) is 1. The predicted molar refractivity (Wildman–Crippen MR) is 109 cm³/mol. The van der Waals surface area contributed by atoms with E-state index in [4.69, 9.17) is 15.5 Å². The zero-order valence-electron chi connectivity index (χ0n) is 16.5. The third-order valence-electron chi connectivity index (χ3n) is 5.62. The molecule has 1 saturated heterocycles. The van der Waals surface area contributed by atoms with Gasteiger partial charge in [0.25, 0.3) is 5.91 Å². The minimum atomic E-state index is -0.514. The Morgan fingerprint density at radius 2 is 2.19 bits per heavy atom. The molecule has 3 rings (SSSR count). The average molecular weight is 365 g/mol. The van der Waals surface area contributed by atoms with Gasteiger partial charge in [0.2, 0.25) is 0 Å². The van der Waals surface area contributed by atoms with Crippen LogP contribution < -0.4 is 15.4 Å². The van der Waals surface area contributed by atoms with Crippen LogP contribution in [-0.4, -0.2) is 31.1 Å². The number of fused-ring (bicyclic) bond motifs is 1. The molecule has 5 heteroatoms. The lowest BCUT2D eigenvalue weighted by Crippen LogP contribution is -2.39. The topological polar surface area (TPSA) is 68.5 Å². The van der Waals surface area contributed by atoms with Crippen molar-refractivity contribution < 1.29 is 9.53 Å². The van der Waals surface area contributed by atoms with Crippen LogP contribution in [0.25, 0.3) is 10.8 Å². The van der Waals surface area contributed by atoms with Crippen molar-refractivity contribution in [2.45, 2.75) is 33.6 Å². The second-order valence-corrected chi connectivity index (χ2v) is 7.21. The van der Waals surface area contributed by atoms with Crippen LogP contribution in [0.4, 0.5) is 5.82 Å². The second kappa shape index (κ2) is 7.87. The number of piperidine rings is 1. The van der Waals surface area contributed by atoms with Crippen molar-refractivity contribution in [3.8, 4) is 17.6 Å². The summed E-state index contributed by atoms with van der Waals surface area (Å²) >= 11 is 0. The molecular weight excluding hydrogens is 338 g/mol. The van der Waals surface area contributed by atoms with Gasteiger partial charge in [0, 0.05) is 30.1 Å². The average Bonchev–Trinajstić information content (AvgIpc) is 2.67. The zero-order chi connectivity index (χ0) is 19.6. The van der Waals surface area contributed by atoms with Crippen molar-refractivity contribution in [2.75, 3.05) is 25.1 Å². The number of amides is 1. The fraction of sp³-hybridized carbons (Fsp3) is 0.455. The first kappa shape index (κ1) is 19.0. The Labute approximate surface area is 160 Å². The molecule has 0 aliphatic carbocycles. The fourth-order valence-electron chi connectivity index (χ4n) is 4.09. The Hall–Kier alpha value is -2.74. The highest BCUT2D eigenvalue weighted by atomic mass is 16.5. The lowest BCUT2D eigenvalue weighted by atomic mass is 9.85. The Morgan fingerprint density at radius 1 is 1.41 bits per heavy atom. The van der Waals surface area contributed by atoms with E-state index in [0.29, 0.717) is 17.2 Å². The normalized spacial score (nSPS) is 19.5. The summed E-state index contributed by atoms with van der Waals surface area (Å²) in [6, 6.07) is 3.65. The van der Waals surface area contributed by atoms with Crippen molar-refractivity contribution in [1.82, 2.24) is 4.98 Å². The molecule has 2 heterocycles. The highest BCUT2D eigenvalue weighted by Gasteiger charge is 2.27. The van der Waals surface area contributed by atoms with Crippen molar-refractivity contribution >= 4 is 22.5 Å². The quantitative estimate of drug-likeness (QED) is 0.841. The molecule has 0 radical (unpaired) electrons. The summed E-state index contributed by atoms with van der Waals surface area (Å²) in [5, 5.41) is 1.83. The second-order valence-electron chi connectivity index (χ2n) is 7.21. The first-order chi connectivity index (χ1) is 13.0. The van der Waals surface area contributed by atoms with Crippen molar-refractivity contribution in [3.05, 3.63) is 29.5 Å². The molecule has 1 fully saturated rings. The number of aromatic nitrogens is 1. The number of ether oxygens (including phenoxy) is 1. The van der Waals surface area contributed by atoms with E-state index in [9.17, 15) is 4.79 Å². The van der Waals surface area contributed by atoms with E-state index in [2.05, 4.69) is 30.6 Å². The number of rotatable bonds is 4. The largest absolute Gasteiger partial charge is 0.496 e. The van der Waals surface area contributed by atoms with Crippen LogP contribution >= 0.6 is 0 Å². The Kier molecular flexibility index (Phi) is 5.55. The van der Waals surface area contributed by atoms with Crippen LogP contribution in [0.15, 0.2) is 18.3 Å². The van der Waals surface area contributed by atoms with Gasteiger partial charge in [-0.3, -0.25) is 4.79 Å². The van der Waals surface area contributed by atoms with Gasteiger partial charge in [-0.1, -0.05) is 26.2 Å². The first-order valence-electron chi connectivity index (χ1n) is 9.48. The van der Waals surface area contributed by atoms with Gasteiger partial charge in [0.05, 0.1) is 18.2 Å². The number of pyridine rings is 1. The number of nitrogens with zero attached hydrogens (tertiary/aromatic N) is 2. The lowest BCUT2D eigenvalue weighted by Gasteiger charge is -2.37.